The molecule has 5 nitrogen and oxygen atoms in total. The second-order valence-corrected chi connectivity index (χ2v) is 7.72. The molecule has 2 aromatic rings. The van der Waals surface area contributed by atoms with E-state index < -0.39 is 10.0 Å². The number of hydrogen-bond acceptors (Lipinski definition) is 3. The Labute approximate surface area is 147 Å². The number of hydrogen-bond donors (Lipinski definition) is 2. The Morgan fingerprint density at radius 3 is 2.52 bits per heavy atom. The summed E-state index contributed by atoms with van der Waals surface area (Å²) >= 11 is 0. The van der Waals surface area contributed by atoms with Crippen LogP contribution in [0.15, 0.2) is 60.0 Å². The Kier molecular flexibility index (Phi) is 5.01. The number of fused-ring (bicyclic) bond motifs is 1. The molecule has 3 rings (SSSR count). The molecule has 0 saturated carbocycles. The van der Waals surface area contributed by atoms with Crippen molar-refractivity contribution in [2.45, 2.75) is 24.2 Å². The lowest BCUT2D eigenvalue weighted by atomic mass is 10.1. The molecule has 2 N–H and O–H groups in total. The number of sulfonamides is 1. The number of carbonyl (C=O) groups excluding carboxylic acids is 1. The maximum Gasteiger partial charge on any atom is 0.255 e. The van der Waals surface area contributed by atoms with Gasteiger partial charge in [0.05, 0.1) is 4.90 Å². The van der Waals surface area contributed by atoms with Crippen molar-refractivity contribution in [1.29, 1.82) is 0 Å². The van der Waals surface area contributed by atoms with Crippen LogP contribution < -0.4 is 10.0 Å². The Morgan fingerprint density at radius 1 is 1.08 bits per heavy atom. The Morgan fingerprint density at radius 2 is 1.80 bits per heavy atom. The molecule has 6 heteroatoms. The number of benzene rings is 2. The summed E-state index contributed by atoms with van der Waals surface area (Å²) in [5.41, 5.74) is 3.80. The van der Waals surface area contributed by atoms with Crippen LogP contribution in [-0.2, 0) is 22.9 Å². The second kappa shape index (κ2) is 7.21. The van der Waals surface area contributed by atoms with Gasteiger partial charge in [-0.3, -0.25) is 4.79 Å². The van der Waals surface area contributed by atoms with Crippen molar-refractivity contribution in [2.24, 2.45) is 0 Å². The molecule has 25 heavy (non-hydrogen) atoms. The molecule has 1 amide bonds. The summed E-state index contributed by atoms with van der Waals surface area (Å²) in [4.78, 5) is 12.5. The zero-order valence-electron chi connectivity index (χ0n) is 13.8. The number of rotatable bonds is 6. The lowest BCUT2D eigenvalue weighted by Crippen LogP contribution is -2.23. The molecule has 2 aromatic carbocycles. The molecule has 0 heterocycles. The lowest BCUT2D eigenvalue weighted by Gasteiger charge is -2.09. The summed E-state index contributed by atoms with van der Waals surface area (Å²) in [5.74, 6) is -0.263. The molecule has 0 atom stereocenters. The van der Waals surface area contributed by atoms with Gasteiger partial charge in [0.2, 0.25) is 10.0 Å². The van der Waals surface area contributed by atoms with E-state index in [9.17, 15) is 13.2 Å². The third-order valence-corrected chi connectivity index (χ3v) is 5.64. The third-order valence-electron chi connectivity index (χ3n) is 4.20. The van der Waals surface area contributed by atoms with Crippen molar-refractivity contribution in [2.75, 3.05) is 11.9 Å². The predicted octanol–water partition coefficient (Wildman–Crippen LogP) is 2.89. The summed E-state index contributed by atoms with van der Waals surface area (Å²) in [5, 5.41) is 2.86. The molecule has 130 valence electrons. The van der Waals surface area contributed by atoms with Crippen LogP contribution in [0.25, 0.3) is 0 Å². The van der Waals surface area contributed by atoms with Gasteiger partial charge < -0.3 is 5.32 Å². The van der Waals surface area contributed by atoms with Crippen molar-refractivity contribution in [3.05, 3.63) is 71.8 Å². The summed E-state index contributed by atoms with van der Waals surface area (Å²) in [6.45, 7) is 3.63. The molecular formula is C19H20N2O3S. The Balaban J connectivity index is 1.71. The first kappa shape index (κ1) is 17.4. The van der Waals surface area contributed by atoms with E-state index in [4.69, 9.17) is 0 Å². The highest BCUT2D eigenvalue weighted by Crippen LogP contribution is 2.25. The van der Waals surface area contributed by atoms with Crippen molar-refractivity contribution < 1.29 is 13.2 Å². The maximum absolute atomic E-state index is 12.4. The fourth-order valence-corrected chi connectivity index (χ4v) is 3.89. The summed E-state index contributed by atoms with van der Waals surface area (Å²) in [6.07, 6.45) is 4.77. The summed E-state index contributed by atoms with van der Waals surface area (Å²) in [6, 6.07) is 11.8. The van der Waals surface area contributed by atoms with Crippen LogP contribution in [0.4, 0.5) is 5.69 Å². The minimum Gasteiger partial charge on any atom is -0.322 e. The minimum atomic E-state index is -3.58. The monoisotopic (exact) mass is 356 g/mol. The lowest BCUT2D eigenvalue weighted by molar-refractivity contribution is 0.102. The van der Waals surface area contributed by atoms with Crippen LogP contribution in [0.2, 0.25) is 0 Å². The van der Waals surface area contributed by atoms with Gasteiger partial charge in [-0.1, -0.05) is 12.1 Å². The first-order valence-electron chi connectivity index (χ1n) is 8.13. The average molecular weight is 356 g/mol. The molecule has 0 spiro atoms. The van der Waals surface area contributed by atoms with E-state index in [0.717, 1.165) is 24.9 Å². The SMILES string of the molecule is C=CCNS(=O)(=O)c1ccc(C(=O)Nc2ccc3c(c2)CCC3)cc1. The van der Waals surface area contributed by atoms with Gasteiger partial charge in [-0.15, -0.1) is 6.58 Å². The van der Waals surface area contributed by atoms with Crippen LogP contribution >= 0.6 is 0 Å². The van der Waals surface area contributed by atoms with Gasteiger partial charge in [-0.2, -0.15) is 0 Å². The van der Waals surface area contributed by atoms with Crippen LogP contribution in [0, 0.1) is 0 Å². The molecular weight excluding hydrogens is 336 g/mol. The maximum atomic E-state index is 12.4. The highest BCUT2D eigenvalue weighted by Gasteiger charge is 2.15. The number of nitrogens with one attached hydrogen (secondary N) is 2. The fraction of sp³-hybridized carbons (Fsp3) is 0.211. The first-order chi connectivity index (χ1) is 12.0. The van der Waals surface area contributed by atoms with E-state index in [2.05, 4.69) is 22.7 Å². The zero-order valence-corrected chi connectivity index (χ0v) is 14.6. The topological polar surface area (TPSA) is 75.3 Å². The largest absolute Gasteiger partial charge is 0.322 e. The molecule has 0 aromatic heterocycles. The first-order valence-corrected chi connectivity index (χ1v) is 9.62. The van der Waals surface area contributed by atoms with Crippen LogP contribution in [0.1, 0.15) is 27.9 Å². The average Bonchev–Trinajstić information content (AvgIpc) is 3.08. The molecule has 0 saturated heterocycles. The number of amides is 1. The van der Waals surface area contributed by atoms with E-state index in [1.165, 1.54) is 41.5 Å². The number of aryl methyl sites for hydroxylation is 2. The van der Waals surface area contributed by atoms with Crippen LogP contribution in [0.3, 0.4) is 0 Å². The molecule has 0 aliphatic heterocycles. The van der Waals surface area contributed by atoms with E-state index in [0.29, 0.717) is 5.56 Å². The van der Waals surface area contributed by atoms with Gasteiger partial charge in [0.25, 0.3) is 5.91 Å². The van der Waals surface area contributed by atoms with Crippen molar-refractivity contribution >= 4 is 21.6 Å². The molecule has 1 aliphatic rings. The van der Waals surface area contributed by atoms with Crippen molar-refractivity contribution in [3.63, 3.8) is 0 Å². The normalized spacial score (nSPS) is 13.3. The minimum absolute atomic E-state index is 0.114. The third kappa shape index (κ3) is 3.97. The molecule has 0 radical (unpaired) electrons. The highest BCUT2D eigenvalue weighted by atomic mass is 32.2. The summed E-state index contributed by atoms with van der Waals surface area (Å²) in [7, 11) is -3.58. The molecule has 0 fully saturated rings. The zero-order chi connectivity index (χ0) is 17.9. The highest BCUT2D eigenvalue weighted by molar-refractivity contribution is 7.89. The smallest absolute Gasteiger partial charge is 0.255 e. The number of carbonyl (C=O) groups is 1. The van der Waals surface area contributed by atoms with Gasteiger partial charge in [0.1, 0.15) is 0 Å². The fourth-order valence-electron chi connectivity index (χ4n) is 2.89. The molecule has 0 unspecified atom stereocenters. The quantitative estimate of drug-likeness (QED) is 0.782. The second-order valence-electron chi connectivity index (χ2n) is 5.96. The van der Waals surface area contributed by atoms with E-state index in [1.54, 1.807) is 0 Å². The van der Waals surface area contributed by atoms with Gasteiger partial charge in [0.15, 0.2) is 0 Å². The molecule has 1 aliphatic carbocycles. The van der Waals surface area contributed by atoms with E-state index in [1.807, 2.05) is 12.1 Å². The standard InChI is InChI=1S/C19H20N2O3S/c1-2-12-20-25(23,24)18-10-7-15(8-11-18)19(22)21-17-9-6-14-4-3-5-16(14)13-17/h2,6-11,13,20H,1,3-5,12H2,(H,21,22). The Hall–Kier alpha value is -2.44. The van der Waals surface area contributed by atoms with Crippen LogP contribution in [0.5, 0.6) is 0 Å². The number of anilines is 1. The molecule has 0 bridgehead atoms. The van der Waals surface area contributed by atoms with Gasteiger partial charge in [-0.25, -0.2) is 13.1 Å². The predicted molar refractivity (Wildman–Crippen MR) is 98.2 cm³/mol. The van der Waals surface area contributed by atoms with Crippen molar-refractivity contribution in [3.8, 4) is 0 Å². The van der Waals surface area contributed by atoms with Crippen LogP contribution in [-0.4, -0.2) is 20.9 Å². The van der Waals surface area contributed by atoms with Gasteiger partial charge >= 0.3 is 0 Å². The van der Waals surface area contributed by atoms with E-state index in [-0.39, 0.29) is 17.3 Å². The van der Waals surface area contributed by atoms with Gasteiger partial charge in [-0.05, 0) is 66.8 Å². The summed E-state index contributed by atoms with van der Waals surface area (Å²) < 4.78 is 26.4. The van der Waals surface area contributed by atoms with Gasteiger partial charge in [0, 0.05) is 17.8 Å². The van der Waals surface area contributed by atoms with E-state index >= 15 is 0 Å². The Bertz CT molecular complexity index is 903. The van der Waals surface area contributed by atoms with Crippen molar-refractivity contribution in [1.82, 2.24) is 4.72 Å².